The van der Waals surface area contributed by atoms with Gasteiger partial charge in [0, 0.05) is 16.8 Å². The predicted molar refractivity (Wildman–Crippen MR) is 65.9 cm³/mol. The first-order valence-corrected chi connectivity index (χ1v) is 6.67. The van der Waals surface area contributed by atoms with Gasteiger partial charge >= 0.3 is 0 Å². The van der Waals surface area contributed by atoms with Crippen molar-refractivity contribution in [2.45, 2.75) is 37.0 Å². The van der Waals surface area contributed by atoms with Gasteiger partial charge in [-0.15, -0.1) is 11.8 Å². The van der Waals surface area contributed by atoms with Gasteiger partial charge in [-0.3, -0.25) is 0 Å². The number of nitrogens with zero attached hydrogens (tertiary/aromatic N) is 1. The molecule has 0 saturated heterocycles. The summed E-state index contributed by atoms with van der Waals surface area (Å²) in [4.78, 5) is 5.34. The van der Waals surface area contributed by atoms with Crippen LogP contribution in [0.2, 0.25) is 0 Å². The number of thioether (sulfide) groups is 1. The minimum absolute atomic E-state index is 0.608. The molecule has 82 valence electrons. The zero-order valence-corrected chi connectivity index (χ0v) is 9.80. The van der Waals surface area contributed by atoms with E-state index < -0.39 is 0 Å². The van der Waals surface area contributed by atoms with Crippen LogP contribution >= 0.6 is 11.8 Å². The minimum atomic E-state index is 0.608. The van der Waals surface area contributed by atoms with E-state index in [4.69, 9.17) is 5.73 Å². The van der Waals surface area contributed by atoms with Gasteiger partial charge in [0.05, 0.1) is 0 Å². The first-order valence-electron chi connectivity index (χ1n) is 5.69. The van der Waals surface area contributed by atoms with E-state index >= 15 is 0 Å². The van der Waals surface area contributed by atoms with Crippen LogP contribution in [-0.4, -0.2) is 10.7 Å². The van der Waals surface area contributed by atoms with Crippen molar-refractivity contribution in [3.05, 3.63) is 18.3 Å². The second kappa shape index (κ2) is 5.40. The lowest BCUT2D eigenvalue weighted by molar-refractivity contribution is 0.391. The van der Waals surface area contributed by atoms with E-state index in [2.05, 4.69) is 11.1 Å². The molecule has 2 nitrogen and oxygen atoms in total. The highest BCUT2D eigenvalue weighted by molar-refractivity contribution is 7.99. The molecular formula is C12H18N2S. The highest BCUT2D eigenvalue weighted by Gasteiger charge is 2.13. The van der Waals surface area contributed by atoms with Crippen molar-refractivity contribution in [3.8, 4) is 0 Å². The molecule has 1 aromatic rings. The molecule has 2 rings (SSSR count). The van der Waals surface area contributed by atoms with E-state index in [1.807, 2.05) is 24.0 Å². The smallest absolute Gasteiger partial charge is 0.123 e. The fraction of sp³-hybridized carbons (Fsp3) is 0.583. The number of nitrogens with two attached hydrogens (primary N) is 1. The summed E-state index contributed by atoms with van der Waals surface area (Å²) >= 11 is 1.92. The topological polar surface area (TPSA) is 38.9 Å². The molecular weight excluding hydrogens is 204 g/mol. The molecule has 0 amide bonds. The Balaban J connectivity index is 1.79. The van der Waals surface area contributed by atoms with Crippen molar-refractivity contribution in [1.29, 1.82) is 0 Å². The van der Waals surface area contributed by atoms with Crippen molar-refractivity contribution < 1.29 is 0 Å². The van der Waals surface area contributed by atoms with Gasteiger partial charge in [0.1, 0.15) is 5.82 Å². The maximum atomic E-state index is 5.55. The summed E-state index contributed by atoms with van der Waals surface area (Å²) in [5.41, 5.74) is 5.55. The second-order valence-electron chi connectivity index (χ2n) is 4.23. The monoisotopic (exact) mass is 222 g/mol. The highest BCUT2D eigenvalue weighted by Crippen LogP contribution is 2.29. The Morgan fingerprint density at radius 1 is 1.27 bits per heavy atom. The van der Waals surface area contributed by atoms with Gasteiger partial charge in [0.25, 0.3) is 0 Å². The number of nitrogen functional groups attached to an aromatic ring is 1. The Morgan fingerprint density at radius 3 is 2.73 bits per heavy atom. The molecule has 0 atom stereocenters. The Hall–Kier alpha value is -0.700. The summed E-state index contributed by atoms with van der Waals surface area (Å²) in [6.45, 7) is 0. The summed E-state index contributed by atoms with van der Waals surface area (Å²) < 4.78 is 0. The van der Waals surface area contributed by atoms with Crippen molar-refractivity contribution in [2.24, 2.45) is 5.92 Å². The van der Waals surface area contributed by atoms with Crippen LogP contribution in [0, 0.1) is 5.92 Å². The lowest BCUT2D eigenvalue weighted by Gasteiger charge is -2.20. The summed E-state index contributed by atoms with van der Waals surface area (Å²) in [5, 5.41) is 0. The molecule has 0 radical (unpaired) electrons. The normalized spacial score (nSPS) is 17.9. The molecule has 0 aromatic carbocycles. The first-order chi connectivity index (χ1) is 7.34. The van der Waals surface area contributed by atoms with Crippen LogP contribution in [0.4, 0.5) is 5.82 Å². The van der Waals surface area contributed by atoms with E-state index in [-0.39, 0.29) is 0 Å². The quantitative estimate of drug-likeness (QED) is 0.797. The average Bonchev–Trinajstić information content (AvgIpc) is 2.30. The zero-order valence-electron chi connectivity index (χ0n) is 8.98. The SMILES string of the molecule is Nc1ccc(SCC2CCCCC2)cn1. The van der Waals surface area contributed by atoms with Crippen LogP contribution in [0.3, 0.4) is 0 Å². The number of hydrogen-bond donors (Lipinski definition) is 1. The summed E-state index contributed by atoms with van der Waals surface area (Å²) in [6.07, 6.45) is 8.98. The summed E-state index contributed by atoms with van der Waals surface area (Å²) in [7, 11) is 0. The molecule has 3 heteroatoms. The molecule has 1 aromatic heterocycles. The average molecular weight is 222 g/mol. The molecule has 0 unspecified atom stereocenters. The van der Waals surface area contributed by atoms with Gasteiger partial charge in [0.15, 0.2) is 0 Å². The van der Waals surface area contributed by atoms with Crippen molar-refractivity contribution in [2.75, 3.05) is 11.5 Å². The molecule has 15 heavy (non-hydrogen) atoms. The number of rotatable bonds is 3. The first kappa shape index (κ1) is 10.8. The third kappa shape index (κ3) is 3.42. The maximum absolute atomic E-state index is 5.55. The van der Waals surface area contributed by atoms with Crippen LogP contribution in [0.25, 0.3) is 0 Å². The molecule has 1 heterocycles. The third-order valence-electron chi connectivity index (χ3n) is 2.97. The van der Waals surface area contributed by atoms with Crippen LogP contribution in [0.1, 0.15) is 32.1 Å². The zero-order chi connectivity index (χ0) is 10.5. The molecule has 1 aliphatic carbocycles. The van der Waals surface area contributed by atoms with Gasteiger partial charge < -0.3 is 5.73 Å². The third-order valence-corrected chi connectivity index (χ3v) is 4.18. The van der Waals surface area contributed by atoms with Gasteiger partial charge in [0.2, 0.25) is 0 Å². The van der Waals surface area contributed by atoms with Crippen molar-refractivity contribution in [3.63, 3.8) is 0 Å². The van der Waals surface area contributed by atoms with Gasteiger partial charge in [-0.1, -0.05) is 19.3 Å². The van der Waals surface area contributed by atoms with E-state index in [1.54, 1.807) is 0 Å². The Morgan fingerprint density at radius 2 is 2.07 bits per heavy atom. The van der Waals surface area contributed by atoms with E-state index in [0.29, 0.717) is 5.82 Å². The molecule has 2 N–H and O–H groups in total. The van der Waals surface area contributed by atoms with E-state index in [9.17, 15) is 0 Å². The molecule has 0 aliphatic heterocycles. The van der Waals surface area contributed by atoms with E-state index in [0.717, 1.165) is 5.92 Å². The summed E-state index contributed by atoms with van der Waals surface area (Å²) in [6, 6.07) is 3.94. The van der Waals surface area contributed by atoms with Crippen LogP contribution in [0.5, 0.6) is 0 Å². The van der Waals surface area contributed by atoms with Crippen LogP contribution < -0.4 is 5.73 Å². The number of hydrogen-bond acceptors (Lipinski definition) is 3. The fourth-order valence-corrected chi connectivity index (χ4v) is 3.10. The molecule has 0 spiro atoms. The number of anilines is 1. The lowest BCUT2D eigenvalue weighted by atomic mass is 9.91. The standard InChI is InChI=1S/C12H18N2S/c13-12-7-6-11(8-14-12)15-9-10-4-2-1-3-5-10/h6-8,10H,1-5,9H2,(H2,13,14). The van der Waals surface area contributed by atoms with Gasteiger partial charge in [-0.05, 0) is 30.9 Å². The Bertz CT molecular complexity index is 291. The lowest BCUT2D eigenvalue weighted by Crippen LogP contribution is -2.08. The predicted octanol–water partition coefficient (Wildman–Crippen LogP) is 3.34. The van der Waals surface area contributed by atoms with Crippen LogP contribution in [-0.2, 0) is 0 Å². The fourth-order valence-electron chi connectivity index (χ4n) is 2.04. The van der Waals surface area contributed by atoms with Gasteiger partial charge in [-0.2, -0.15) is 0 Å². The van der Waals surface area contributed by atoms with Crippen molar-refractivity contribution in [1.82, 2.24) is 4.98 Å². The molecule has 0 bridgehead atoms. The number of aromatic nitrogens is 1. The number of pyridine rings is 1. The second-order valence-corrected chi connectivity index (χ2v) is 5.33. The Kier molecular flexibility index (Phi) is 3.89. The van der Waals surface area contributed by atoms with E-state index in [1.165, 1.54) is 42.8 Å². The molecule has 1 saturated carbocycles. The van der Waals surface area contributed by atoms with Crippen molar-refractivity contribution >= 4 is 17.6 Å². The van der Waals surface area contributed by atoms with Gasteiger partial charge in [-0.25, -0.2) is 4.98 Å². The molecule has 1 aliphatic rings. The molecule has 1 fully saturated rings. The largest absolute Gasteiger partial charge is 0.384 e. The van der Waals surface area contributed by atoms with Crippen LogP contribution in [0.15, 0.2) is 23.2 Å². The Labute approximate surface area is 95.7 Å². The summed E-state index contributed by atoms with van der Waals surface area (Å²) in [5.74, 6) is 2.77. The highest BCUT2D eigenvalue weighted by atomic mass is 32.2. The minimum Gasteiger partial charge on any atom is -0.384 e. The maximum Gasteiger partial charge on any atom is 0.123 e.